The van der Waals surface area contributed by atoms with Crippen LogP contribution in [0.25, 0.3) is 0 Å². The number of aliphatic hydroxyl groups is 1. The molecule has 1 rings (SSSR count). The van der Waals surface area contributed by atoms with E-state index in [2.05, 4.69) is 6.92 Å². The van der Waals surface area contributed by atoms with Gasteiger partial charge >= 0.3 is 0 Å². The van der Waals surface area contributed by atoms with E-state index in [1.54, 1.807) is 27.7 Å². The Morgan fingerprint density at radius 2 is 1.33 bits per heavy atom. The fourth-order valence-electron chi connectivity index (χ4n) is 3.71. The first-order chi connectivity index (χ1) is 14.1. The van der Waals surface area contributed by atoms with E-state index in [4.69, 9.17) is 9.47 Å². The van der Waals surface area contributed by atoms with Crippen LogP contribution in [-0.2, 0) is 15.9 Å². The van der Waals surface area contributed by atoms with Crippen molar-refractivity contribution in [2.75, 3.05) is 0 Å². The van der Waals surface area contributed by atoms with Crippen LogP contribution in [0.15, 0.2) is 12.1 Å². The predicted molar refractivity (Wildman–Crippen MR) is 114 cm³/mol. The lowest BCUT2D eigenvalue weighted by molar-refractivity contribution is -0.407. The Labute approximate surface area is 180 Å². The van der Waals surface area contributed by atoms with Crippen LogP contribution < -0.4 is 0 Å². The van der Waals surface area contributed by atoms with Gasteiger partial charge in [-0.2, -0.15) is 0 Å². The Morgan fingerprint density at radius 1 is 0.833 bits per heavy atom. The lowest BCUT2D eigenvalue weighted by Crippen LogP contribution is -2.47. The molecule has 0 saturated carbocycles. The van der Waals surface area contributed by atoms with Crippen molar-refractivity contribution in [3.63, 3.8) is 0 Å². The number of benzene rings is 1. The topological polar surface area (TPSA) is 38.7 Å². The first-order valence-corrected chi connectivity index (χ1v) is 11.3. The minimum atomic E-state index is -1.85. The van der Waals surface area contributed by atoms with Crippen molar-refractivity contribution in [1.29, 1.82) is 0 Å². The van der Waals surface area contributed by atoms with Crippen molar-refractivity contribution < 1.29 is 27.8 Å². The van der Waals surface area contributed by atoms with Gasteiger partial charge in [0.05, 0.1) is 12.2 Å². The molecule has 0 aromatic heterocycles. The van der Waals surface area contributed by atoms with Crippen LogP contribution in [-0.4, -0.2) is 23.3 Å². The van der Waals surface area contributed by atoms with Crippen LogP contribution >= 0.6 is 0 Å². The highest BCUT2D eigenvalue weighted by molar-refractivity contribution is 5.21. The molecule has 1 atom stereocenters. The van der Waals surface area contributed by atoms with Crippen molar-refractivity contribution in [2.45, 2.75) is 111 Å². The molecule has 1 aromatic rings. The molecule has 0 heterocycles. The zero-order valence-corrected chi connectivity index (χ0v) is 19.1. The molecule has 174 valence electrons. The second-order valence-corrected chi connectivity index (χ2v) is 8.60. The third-order valence-electron chi connectivity index (χ3n) is 5.08. The summed E-state index contributed by atoms with van der Waals surface area (Å²) in [4.78, 5) is 0. The highest BCUT2D eigenvalue weighted by Gasteiger charge is 2.40. The van der Waals surface area contributed by atoms with E-state index in [9.17, 15) is 18.3 Å². The molecular formula is C24H39F3O3. The summed E-state index contributed by atoms with van der Waals surface area (Å²) >= 11 is 0. The normalized spacial score (nSPS) is 13.4. The zero-order valence-electron chi connectivity index (χ0n) is 19.1. The van der Waals surface area contributed by atoms with Gasteiger partial charge < -0.3 is 14.6 Å². The minimum Gasteiger partial charge on any atom is -0.343 e. The summed E-state index contributed by atoms with van der Waals surface area (Å²) in [7, 11) is 0. The first kappa shape index (κ1) is 26.9. The van der Waals surface area contributed by atoms with Gasteiger partial charge in [-0.05, 0) is 47.0 Å². The number of halogens is 3. The van der Waals surface area contributed by atoms with Crippen molar-refractivity contribution in [2.24, 2.45) is 5.92 Å². The van der Waals surface area contributed by atoms with Crippen molar-refractivity contribution >= 4 is 0 Å². The summed E-state index contributed by atoms with van der Waals surface area (Å²) in [6.45, 7) is 9.37. The summed E-state index contributed by atoms with van der Waals surface area (Å²) in [5.74, 6) is -5.09. The Kier molecular flexibility index (Phi) is 12.0. The molecule has 0 bridgehead atoms. The van der Waals surface area contributed by atoms with Crippen LogP contribution in [0.3, 0.4) is 0 Å². The van der Waals surface area contributed by atoms with E-state index in [-0.39, 0.29) is 30.6 Å². The lowest BCUT2D eigenvalue weighted by atomic mass is 9.90. The second-order valence-electron chi connectivity index (χ2n) is 8.60. The van der Waals surface area contributed by atoms with E-state index in [1.165, 1.54) is 19.3 Å². The molecule has 30 heavy (non-hydrogen) atoms. The molecule has 3 nitrogen and oxygen atoms in total. The average Bonchev–Trinajstić information content (AvgIpc) is 2.60. The van der Waals surface area contributed by atoms with Gasteiger partial charge in [-0.25, -0.2) is 13.2 Å². The Morgan fingerprint density at radius 3 is 1.83 bits per heavy atom. The van der Waals surface area contributed by atoms with Gasteiger partial charge in [0.1, 0.15) is 17.5 Å². The molecule has 1 unspecified atom stereocenters. The maximum atomic E-state index is 14.1. The molecule has 0 fully saturated rings. The molecular weight excluding hydrogens is 393 g/mol. The molecule has 1 aromatic carbocycles. The summed E-state index contributed by atoms with van der Waals surface area (Å²) in [5.41, 5.74) is -0.180. The predicted octanol–water partition coefficient (Wildman–Crippen LogP) is 6.90. The van der Waals surface area contributed by atoms with E-state index in [0.717, 1.165) is 19.3 Å². The Balaban J connectivity index is 2.94. The van der Waals surface area contributed by atoms with E-state index in [1.807, 2.05) is 0 Å². The van der Waals surface area contributed by atoms with Crippen molar-refractivity contribution in [3.8, 4) is 0 Å². The van der Waals surface area contributed by atoms with Gasteiger partial charge in [0, 0.05) is 23.6 Å². The molecule has 0 amide bonds. The first-order valence-electron chi connectivity index (χ1n) is 11.3. The van der Waals surface area contributed by atoms with Gasteiger partial charge in [0.15, 0.2) is 0 Å². The third-order valence-corrected chi connectivity index (χ3v) is 5.08. The zero-order chi connectivity index (χ0) is 22.7. The van der Waals surface area contributed by atoms with Crippen LogP contribution in [0.4, 0.5) is 13.2 Å². The molecule has 0 saturated heterocycles. The number of unbranched alkanes of at least 4 members (excludes halogenated alkanes) is 5. The Bertz CT molecular complexity index is 587. The van der Waals surface area contributed by atoms with E-state index in [0.29, 0.717) is 18.6 Å². The minimum absolute atomic E-state index is 0.0175. The molecule has 0 aliphatic heterocycles. The van der Waals surface area contributed by atoms with E-state index < -0.39 is 29.3 Å². The standard InChI is InChI=1S/C24H39F3O3/c1-6-7-8-9-10-11-12-19(24(28,29-17(2)3)30-18(4)5)13-14-21-22(26)15-20(25)16-23(21)27/h15-19,28H,6-14H2,1-5H3. The monoisotopic (exact) mass is 432 g/mol. The Hall–Kier alpha value is -1.11. The molecule has 0 spiro atoms. The lowest BCUT2D eigenvalue weighted by Gasteiger charge is -2.38. The molecule has 0 radical (unpaired) electrons. The molecule has 0 aliphatic rings. The highest BCUT2D eigenvalue weighted by Crippen LogP contribution is 2.33. The molecule has 1 N–H and O–H groups in total. The molecule has 0 aliphatic carbocycles. The third kappa shape index (κ3) is 9.36. The van der Waals surface area contributed by atoms with Crippen molar-refractivity contribution in [3.05, 3.63) is 35.1 Å². The largest absolute Gasteiger partial charge is 0.343 e. The number of hydrogen-bond donors (Lipinski definition) is 1. The summed E-state index contributed by atoms with van der Waals surface area (Å²) in [6.07, 6.45) is 6.80. The smallest absolute Gasteiger partial charge is 0.283 e. The van der Waals surface area contributed by atoms with Crippen LogP contribution in [0, 0.1) is 23.4 Å². The second kappa shape index (κ2) is 13.3. The van der Waals surface area contributed by atoms with Crippen LogP contribution in [0.5, 0.6) is 0 Å². The number of ether oxygens (including phenoxy) is 2. The maximum absolute atomic E-state index is 14.1. The summed E-state index contributed by atoms with van der Waals surface area (Å²) in [5, 5.41) is 11.2. The van der Waals surface area contributed by atoms with Gasteiger partial charge in [-0.1, -0.05) is 45.4 Å². The van der Waals surface area contributed by atoms with Crippen molar-refractivity contribution in [1.82, 2.24) is 0 Å². The van der Waals surface area contributed by atoms with Gasteiger partial charge in [0.2, 0.25) is 0 Å². The average molecular weight is 433 g/mol. The fraction of sp³-hybridized carbons (Fsp3) is 0.750. The summed E-state index contributed by atoms with van der Waals surface area (Å²) in [6, 6.07) is 1.37. The highest BCUT2D eigenvalue weighted by atomic mass is 19.1. The van der Waals surface area contributed by atoms with Crippen LogP contribution in [0.1, 0.15) is 91.5 Å². The number of hydrogen-bond acceptors (Lipinski definition) is 3. The summed E-state index contributed by atoms with van der Waals surface area (Å²) < 4.78 is 52.9. The van der Waals surface area contributed by atoms with Gasteiger partial charge in [0.25, 0.3) is 5.97 Å². The molecule has 6 heteroatoms. The van der Waals surface area contributed by atoms with Gasteiger partial charge in [-0.15, -0.1) is 0 Å². The SMILES string of the molecule is CCCCCCCCC(CCc1c(F)cc(F)cc1F)C(O)(OC(C)C)OC(C)C. The fourth-order valence-corrected chi connectivity index (χ4v) is 3.71. The quantitative estimate of drug-likeness (QED) is 0.242. The maximum Gasteiger partial charge on any atom is 0.283 e. The van der Waals surface area contributed by atoms with E-state index >= 15 is 0 Å². The van der Waals surface area contributed by atoms with Crippen LogP contribution in [0.2, 0.25) is 0 Å². The number of rotatable bonds is 15. The van der Waals surface area contributed by atoms with Gasteiger partial charge in [-0.3, -0.25) is 0 Å².